The Balaban J connectivity index is 2.32. The minimum atomic E-state index is 0.00764. The van der Waals surface area contributed by atoms with Gasteiger partial charge in [-0.2, -0.15) is 0 Å². The molecule has 1 heterocycles. The topological polar surface area (TPSA) is 32.3 Å². The average Bonchev–Trinajstić information content (AvgIpc) is 2.57. The summed E-state index contributed by atoms with van der Waals surface area (Å²) in [5.41, 5.74) is 3.47. The van der Waals surface area contributed by atoms with E-state index >= 15 is 0 Å². The maximum Gasteiger partial charge on any atom is 0.321 e. The van der Waals surface area contributed by atoms with Crippen molar-refractivity contribution < 1.29 is 4.79 Å². The third-order valence-corrected chi connectivity index (χ3v) is 2.66. The SMILES string of the molecule is Cc1ccc(N2CCNC2=O)cc1C. The van der Waals surface area contributed by atoms with Crippen LogP contribution < -0.4 is 10.2 Å². The average molecular weight is 190 g/mol. The Hall–Kier alpha value is -1.51. The monoisotopic (exact) mass is 190 g/mol. The first kappa shape index (κ1) is 9.06. The number of nitrogens with zero attached hydrogens (tertiary/aromatic N) is 1. The molecule has 2 amide bonds. The van der Waals surface area contributed by atoms with Gasteiger partial charge in [-0.05, 0) is 37.1 Å². The molecule has 1 saturated heterocycles. The van der Waals surface area contributed by atoms with Crippen LogP contribution in [0.15, 0.2) is 18.2 Å². The van der Waals surface area contributed by atoms with Gasteiger partial charge in [0.15, 0.2) is 0 Å². The molecule has 1 aliphatic rings. The molecule has 0 unspecified atom stereocenters. The lowest BCUT2D eigenvalue weighted by Crippen LogP contribution is -2.27. The van der Waals surface area contributed by atoms with Crippen LogP contribution in [0.2, 0.25) is 0 Å². The van der Waals surface area contributed by atoms with Gasteiger partial charge in [-0.1, -0.05) is 6.07 Å². The minimum Gasteiger partial charge on any atom is -0.336 e. The molecule has 0 atom stereocenters. The summed E-state index contributed by atoms with van der Waals surface area (Å²) in [6.07, 6.45) is 0. The van der Waals surface area contributed by atoms with Gasteiger partial charge in [0.1, 0.15) is 0 Å². The van der Waals surface area contributed by atoms with E-state index in [9.17, 15) is 4.79 Å². The highest BCUT2D eigenvalue weighted by atomic mass is 16.2. The molecule has 1 N–H and O–H groups in total. The van der Waals surface area contributed by atoms with Crippen molar-refractivity contribution in [1.29, 1.82) is 0 Å². The van der Waals surface area contributed by atoms with E-state index in [1.165, 1.54) is 11.1 Å². The largest absolute Gasteiger partial charge is 0.336 e. The zero-order chi connectivity index (χ0) is 10.1. The van der Waals surface area contributed by atoms with Gasteiger partial charge in [-0.25, -0.2) is 4.79 Å². The molecular weight excluding hydrogens is 176 g/mol. The van der Waals surface area contributed by atoms with Crippen LogP contribution in [0.1, 0.15) is 11.1 Å². The maximum absolute atomic E-state index is 11.4. The first-order valence-electron chi connectivity index (χ1n) is 4.81. The summed E-state index contributed by atoms with van der Waals surface area (Å²) in [4.78, 5) is 13.2. The van der Waals surface area contributed by atoms with Crippen LogP contribution in [0.25, 0.3) is 0 Å². The molecule has 1 aliphatic heterocycles. The van der Waals surface area contributed by atoms with Gasteiger partial charge in [0.2, 0.25) is 0 Å². The lowest BCUT2D eigenvalue weighted by molar-refractivity contribution is 0.252. The molecule has 3 heteroatoms. The Labute approximate surface area is 83.7 Å². The normalized spacial score (nSPS) is 15.9. The molecule has 0 aromatic heterocycles. The summed E-state index contributed by atoms with van der Waals surface area (Å²) in [6, 6.07) is 6.11. The van der Waals surface area contributed by atoms with Crippen molar-refractivity contribution in [2.75, 3.05) is 18.0 Å². The van der Waals surface area contributed by atoms with Crippen molar-refractivity contribution >= 4 is 11.7 Å². The van der Waals surface area contributed by atoms with Crippen LogP contribution in [0.3, 0.4) is 0 Å². The van der Waals surface area contributed by atoms with E-state index in [0.717, 1.165) is 18.8 Å². The van der Waals surface area contributed by atoms with Crippen LogP contribution in [0.5, 0.6) is 0 Å². The predicted octanol–water partition coefficient (Wildman–Crippen LogP) is 1.83. The third kappa shape index (κ3) is 1.45. The summed E-state index contributed by atoms with van der Waals surface area (Å²) in [6.45, 7) is 5.64. The summed E-state index contributed by atoms with van der Waals surface area (Å²) < 4.78 is 0. The number of rotatable bonds is 1. The first-order chi connectivity index (χ1) is 6.68. The van der Waals surface area contributed by atoms with Crippen molar-refractivity contribution in [3.8, 4) is 0 Å². The number of amides is 2. The summed E-state index contributed by atoms with van der Waals surface area (Å²) in [7, 11) is 0. The van der Waals surface area contributed by atoms with Crippen LogP contribution in [0, 0.1) is 13.8 Å². The van der Waals surface area contributed by atoms with Crippen LogP contribution in [0.4, 0.5) is 10.5 Å². The molecule has 14 heavy (non-hydrogen) atoms. The van der Waals surface area contributed by atoms with Crippen LogP contribution in [-0.2, 0) is 0 Å². The van der Waals surface area contributed by atoms with Gasteiger partial charge in [0.25, 0.3) is 0 Å². The van der Waals surface area contributed by atoms with E-state index < -0.39 is 0 Å². The fourth-order valence-corrected chi connectivity index (χ4v) is 1.61. The van der Waals surface area contributed by atoms with Gasteiger partial charge in [-0.15, -0.1) is 0 Å². The second-order valence-electron chi connectivity index (χ2n) is 3.65. The van der Waals surface area contributed by atoms with Gasteiger partial charge >= 0.3 is 6.03 Å². The van der Waals surface area contributed by atoms with Gasteiger partial charge in [-0.3, -0.25) is 4.90 Å². The number of urea groups is 1. The Bertz CT molecular complexity index is 374. The second-order valence-corrected chi connectivity index (χ2v) is 3.65. The Morgan fingerprint density at radius 2 is 2.07 bits per heavy atom. The summed E-state index contributed by atoms with van der Waals surface area (Å²) in [5.74, 6) is 0. The van der Waals surface area contributed by atoms with Crippen molar-refractivity contribution in [1.82, 2.24) is 5.32 Å². The van der Waals surface area contributed by atoms with E-state index in [-0.39, 0.29) is 6.03 Å². The predicted molar refractivity (Wildman–Crippen MR) is 56.7 cm³/mol. The number of anilines is 1. The molecule has 0 radical (unpaired) electrons. The lowest BCUT2D eigenvalue weighted by Gasteiger charge is -2.15. The number of nitrogens with one attached hydrogen (secondary N) is 1. The molecule has 1 aromatic carbocycles. The minimum absolute atomic E-state index is 0.00764. The van der Waals surface area contributed by atoms with Crippen molar-refractivity contribution in [2.24, 2.45) is 0 Å². The summed E-state index contributed by atoms with van der Waals surface area (Å²) >= 11 is 0. The lowest BCUT2D eigenvalue weighted by atomic mass is 10.1. The number of aryl methyl sites for hydroxylation is 2. The highest BCUT2D eigenvalue weighted by molar-refractivity contribution is 5.94. The molecule has 0 spiro atoms. The molecule has 0 aliphatic carbocycles. The molecule has 3 nitrogen and oxygen atoms in total. The third-order valence-electron chi connectivity index (χ3n) is 2.66. The standard InChI is InChI=1S/C11H14N2O/c1-8-3-4-10(7-9(8)2)13-6-5-12-11(13)14/h3-4,7H,5-6H2,1-2H3,(H,12,14). The molecule has 1 fully saturated rings. The zero-order valence-electron chi connectivity index (χ0n) is 8.50. The first-order valence-corrected chi connectivity index (χ1v) is 4.81. The van der Waals surface area contributed by atoms with Crippen molar-refractivity contribution in [3.05, 3.63) is 29.3 Å². The van der Waals surface area contributed by atoms with Crippen LogP contribution in [-0.4, -0.2) is 19.1 Å². The van der Waals surface area contributed by atoms with E-state index in [0.29, 0.717) is 0 Å². The molecule has 74 valence electrons. The quantitative estimate of drug-likeness (QED) is 0.720. The number of hydrogen-bond acceptors (Lipinski definition) is 1. The zero-order valence-corrected chi connectivity index (χ0v) is 8.50. The highest BCUT2D eigenvalue weighted by Crippen LogP contribution is 2.19. The molecule has 1 aromatic rings. The fraction of sp³-hybridized carbons (Fsp3) is 0.364. The molecule has 2 rings (SSSR count). The van der Waals surface area contributed by atoms with E-state index in [1.807, 2.05) is 6.07 Å². The highest BCUT2D eigenvalue weighted by Gasteiger charge is 2.20. The molecule has 0 bridgehead atoms. The van der Waals surface area contributed by atoms with Gasteiger partial charge in [0, 0.05) is 18.8 Å². The number of carbonyl (C=O) groups excluding carboxylic acids is 1. The second kappa shape index (κ2) is 3.33. The number of carbonyl (C=O) groups is 1. The van der Waals surface area contributed by atoms with Gasteiger partial charge in [0.05, 0.1) is 0 Å². The van der Waals surface area contributed by atoms with Gasteiger partial charge < -0.3 is 5.32 Å². The Kier molecular flexibility index (Phi) is 2.15. The smallest absolute Gasteiger partial charge is 0.321 e. The molecule has 0 saturated carbocycles. The Morgan fingerprint density at radius 3 is 2.64 bits per heavy atom. The fourth-order valence-electron chi connectivity index (χ4n) is 1.61. The van der Waals surface area contributed by atoms with E-state index in [4.69, 9.17) is 0 Å². The molecular formula is C11H14N2O. The number of hydrogen-bond donors (Lipinski definition) is 1. The maximum atomic E-state index is 11.4. The van der Waals surface area contributed by atoms with Crippen LogP contribution >= 0.6 is 0 Å². The summed E-state index contributed by atoms with van der Waals surface area (Å²) in [5, 5.41) is 2.79. The van der Waals surface area contributed by atoms with Crippen molar-refractivity contribution in [2.45, 2.75) is 13.8 Å². The Morgan fingerprint density at radius 1 is 1.29 bits per heavy atom. The van der Waals surface area contributed by atoms with Crippen molar-refractivity contribution in [3.63, 3.8) is 0 Å². The van der Waals surface area contributed by atoms with E-state index in [2.05, 4.69) is 31.3 Å². The van der Waals surface area contributed by atoms with E-state index in [1.54, 1.807) is 4.90 Å². The number of benzene rings is 1.